The number of ether oxygens (including phenoxy) is 2. The molecule has 40 heavy (non-hydrogen) atoms. The molecule has 0 bridgehead atoms. The van der Waals surface area contributed by atoms with Gasteiger partial charge in [-0.15, -0.1) is 0 Å². The zero-order valence-corrected chi connectivity index (χ0v) is 24.7. The Hall–Kier alpha value is -3.07. The Bertz CT molecular complexity index is 1490. The van der Waals surface area contributed by atoms with Gasteiger partial charge in [-0.2, -0.15) is 0 Å². The summed E-state index contributed by atoms with van der Waals surface area (Å²) in [5.41, 5.74) is 3.19. The molecule has 0 saturated carbocycles. The van der Waals surface area contributed by atoms with Gasteiger partial charge in [0, 0.05) is 25.3 Å². The first kappa shape index (κ1) is 28.5. The minimum atomic E-state index is -3.57. The molecule has 4 atom stereocenters. The van der Waals surface area contributed by atoms with E-state index in [1.807, 2.05) is 38.1 Å². The van der Waals surface area contributed by atoms with Crippen LogP contribution in [0.2, 0.25) is 0 Å². The highest BCUT2D eigenvalue weighted by atomic mass is 32.2. The van der Waals surface area contributed by atoms with Gasteiger partial charge in [0.15, 0.2) is 9.84 Å². The summed E-state index contributed by atoms with van der Waals surface area (Å²) < 4.78 is 37.7. The van der Waals surface area contributed by atoms with Gasteiger partial charge in [0.25, 0.3) is 0 Å². The second-order valence-corrected chi connectivity index (χ2v) is 13.8. The molecule has 4 unspecified atom stereocenters. The van der Waals surface area contributed by atoms with E-state index in [2.05, 4.69) is 18.7 Å². The fourth-order valence-electron chi connectivity index (χ4n) is 6.03. The van der Waals surface area contributed by atoms with E-state index in [9.17, 15) is 18.6 Å². The van der Waals surface area contributed by atoms with E-state index in [-0.39, 0.29) is 16.4 Å². The fraction of sp³-hybridized carbons (Fsp3) is 0.438. The number of phenols is 1. The Balaban J connectivity index is 1.49. The number of likely N-dealkylation sites (tertiary alicyclic amines) is 1. The van der Waals surface area contributed by atoms with E-state index in [0.29, 0.717) is 24.6 Å². The minimum Gasteiger partial charge on any atom is -0.508 e. The Morgan fingerprint density at radius 2 is 1.90 bits per heavy atom. The summed E-state index contributed by atoms with van der Waals surface area (Å²) in [4.78, 5) is 2.50. The van der Waals surface area contributed by atoms with Crippen LogP contribution in [0.3, 0.4) is 0 Å². The van der Waals surface area contributed by atoms with Crippen LogP contribution in [-0.4, -0.2) is 61.1 Å². The van der Waals surface area contributed by atoms with Crippen molar-refractivity contribution in [1.82, 2.24) is 4.90 Å². The molecule has 2 aromatic carbocycles. The predicted octanol–water partition coefficient (Wildman–Crippen LogP) is 5.98. The molecule has 2 heterocycles. The molecule has 5 rings (SSSR count). The van der Waals surface area contributed by atoms with Crippen LogP contribution in [0, 0.1) is 5.92 Å². The Morgan fingerprint density at radius 3 is 2.55 bits per heavy atom. The van der Waals surface area contributed by atoms with Crippen LogP contribution in [0.15, 0.2) is 76.4 Å². The van der Waals surface area contributed by atoms with Crippen molar-refractivity contribution in [2.24, 2.45) is 5.92 Å². The van der Waals surface area contributed by atoms with Gasteiger partial charge in [0.2, 0.25) is 0 Å². The number of benzene rings is 2. The maximum Gasteiger partial charge on any atom is 0.175 e. The summed E-state index contributed by atoms with van der Waals surface area (Å²) in [7, 11) is -3.57. The maximum absolute atomic E-state index is 12.4. The largest absolute Gasteiger partial charge is 0.508 e. The number of aliphatic hydroxyl groups is 1. The third-order valence-corrected chi connectivity index (χ3v) is 9.49. The molecule has 0 amide bonds. The molecule has 0 radical (unpaired) electrons. The van der Waals surface area contributed by atoms with Crippen molar-refractivity contribution in [2.45, 2.75) is 63.2 Å². The average Bonchev–Trinajstić information content (AvgIpc) is 3.34. The van der Waals surface area contributed by atoms with E-state index in [1.54, 1.807) is 24.3 Å². The number of hydrogen-bond acceptors (Lipinski definition) is 7. The van der Waals surface area contributed by atoms with Gasteiger partial charge in [-0.1, -0.05) is 19.1 Å². The van der Waals surface area contributed by atoms with Crippen molar-refractivity contribution >= 4 is 15.4 Å². The standard InChI is InChI=1S/C32H39NO6S/c1-20-11-13-33(18-20)21(2)19-38-27-8-6-23(7-9-27)31-30(24-14-26(35)16-28(15-24)40(5,36)37)22(3)29-17-25(34)10-12-32(29,4)39-31/h6-10,14-17,20-21,31,34-35H,11-13,18-19H2,1-5H3. The molecule has 1 aliphatic carbocycles. The Kier molecular flexibility index (Phi) is 7.63. The smallest absolute Gasteiger partial charge is 0.175 e. The van der Waals surface area contributed by atoms with Crippen molar-refractivity contribution in [3.8, 4) is 11.5 Å². The molecule has 2 N–H and O–H groups in total. The van der Waals surface area contributed by atoms with Gasteiger partial charge in [-0.25, -0.2) is 8.42 Å². The van der Waals surface area contributed by atoms with Crippen molar-refractivity contribution in [3.63, 3.8) is 0 Å². The zero-order chi connectivity index (χ0) is 28.8. The van der Waals surface area contributed by atoms with E-state index in [1.165, 1.54) is 12.5 Å². The number of hydrogen-bond donors (Lipinski definition) is 2. The molecule has 7 nitrogen and oxygen atoms in total. The van der Waals surface area contributed by atoms with Gasteiger partial charge in [-0.05, 0) is 110 Å². The highest BCUT2D eigenvalue weighted by Gasteiger charge is 2.42. The lowest BCUT2D eigenvalue weighted by atomic mass is 9.76. The Morgan fingerprint density at radius 1 is 1.18 bits per heavy atom. The van der Waals surface area contributed by atoms with E-state index < -0.39 is 21.5 Å². The predicted molar refractivity (Wildman–Crippen MR) is 156 cm³/mol. The number of rotatable bonds is 7. The topological polar surface area (TPSA) is 96.3 Å². The summed E-state index contributed by atoms with van der Waals surface area (Å²) in [5.74, 6) is 1.52. The number of aromatic hydroxyl groups is 1. The molecular weight excluding hydrogens is 526 g/mol. The van der Waals surface area contributed by atoms with Crippen LogP contribution in [-0.2, 0) is 14.6 Å². The van der Waals surface area contributed by atoms with Gasteiger partial charge < -0.3 is 19.7 Å². The second-order valence-electron chi connectivity index (χ2n) is 11.8. The summed E-state index contributed by atoms with van der Waals surface area (Å²) in [6.07, 6.45) is 5.75. The number of fused-ring (bicyclic) bond motifs is 1. The third-order valence-electron chi connectivity index (χ3n) is 8.39. The van der Waals surface area contributed by atoms with Gasteiger partial charge >= 0.3 is 0 Å². The van der Waals surface area contributed by atoms with Gasteiger partial charge in [0.05, 0.1) is 10.5 Å². The fourth-order valence-corrected chi connectivity index (χ4v) is 6.71. The Labute approximate surface area is 237 Å². The van der Waals surface area contributed by atoms with Crippen LogP contribution < -0.4 is 4.74 Å². The van der Waals surface area contributed by atoms with Crippen molar-refractivity contribution in [2.75, 3.05) is 26.0 Å². The molecule has 2 aliphatic heterocycles. The summed E-state index contributed by atoms with van der Waals surface area (Å²) in [6, 6.07) is 12.6. The lowest BCUT2D eigenvalue weighted by molar-refractivity contribution is -0.0398. The molecule has 8 heteroatoms. The molecule has 214 valence electrons. The van der Waals surface area contributed by atoms with Crippen LogP contribution >= 0.6 is 0 Å². The first-order chi connectivity index (χ1) is 18.8. The van der Waals surface area contributed by atoms with Crippen molar-refractivity contribution < 1.29 is 28.1 Å². The van der Waals surface area contributed by atoms with E-state index in [4.69, 9.17) is 9.47 Å². The average molecular weight is 566 g/mol. The molecule has 3 aliphatic rings. The van der Waals surface area contributed by atoms with Crippen molar-refractivity contribution in [1.29, 1.82) is 0 Å². The van der Waals surface area contributed by atoms with Crippen molar-refractivity contribution in [3.05, 3.63) is 82.6 Å². The van der Waals surface area contributed by atoms with Crippen LogP contribution in [0.5, 0.6) is 11.5 Å². The first-order valence-electron chi connectivity index (χ1n) is 13.9. The van der Waals surface area contributed by atoms with Gasteiger partial charge in [0.1, 0.15) is 30.0 Å². The van der Waals surface area contributed by atoms with Crippen LogP contribution in [0.25, 0.3) is 5.57 Å². The lowest BCUT2D eigenvalue weighted by Gasteiger charge is -2.44. The molecule has 2 aromatic rings. The maximum atomic E-state index is 12.4. The minimum absolute atomic E-state index is 0.0283. The van der Waals surface area contributed by atoms with Crippen LogP contribution in [0.1, 0.15) is 57.8 Å². The lowest BCUT2D eigenvalue weighted by Crippen LogP contribution is -2.39. The quantitative estimate of drug-likeness (QED) is 0.426. The van der Waals surface area contributed by atoms with Gasteiger partial charge in [-0.3, -0.25) is 4.90 Å². The highest BCUT2D eigenvalue weighted by molar-refractivity contribution is 7.90. The number of aliphatic hydroxyl groups excluding tert-OH is 1. The number of allylic oxidation sites excluding steroid dienone is 1. The molecule has 1 saturated heterocycles. The third kappa shape index (κ3) is 5.71. The monoisotopic (exact) mass is 565 g/mol. The molecule has 0 spiro atoms. The first-order valence-corrected chi connectivity index (χ1v) is 15.7. The second kappa shape index (κ2) is 10.7. The highest BCUT2D eigenvalue weighted by Crippen LogP contribution is 2.51. The summed E-state index contributed by atoms with van der Waals surface area (Å²) in [6.45, 7) is 11.3. The molecular formula is C32H39NO6S. The van der Waals surface area contributed by atoms with E-state index in [0.717, 1.165) is 53.3 Å². The number of sulfone groups is 1. The summed E-state index contributed by atoms with van der Waals surface area (Å²) >= 11 is 0. The molecule has 0 aromatic heterocycles. The number of nitrogens with zero attached hydrogens (tertiary/aromatic N) is 1. The van der Waals surface area contributed by atoms with Crippen LogP contribution in [0.4, 0.5) is 0 Å². The zero-order valence-electron chi connectivity index (χ0n) is 23.8. The summed E-state index contributed by atoms with van der Waals surface area (Å²) in [5, 5.41) is 20.8. The van der Waals surface area contributed by atoms with E-state index >= 15 is 0 Å². The normalized spacial score (nSPS) is 26.2. The number of phenolic OH excluding ortho intramolecular Hbond substituents is 1. The molecule has 1 fully saturated rings. The SMILES string of the molecule is CC1=C(c2cc(O)cc(S(C)(=O)=O)c2)C(c2ccc(OCC(C)N3CCC(C)C3)cc2)OC2(C)CC=C(O)C=C12.